The van der Waals surface area contributed by atoms with Gasteiger partial charge in [-0.05, 0) is 55.5 Å². The smallest absolute Gasteiger partial charge is 0.352 e. The van der Waals surface area contributed by atoms with Crippen molar-refractivity contribution in [1.29, 1.82) is 0 Å². The van der Waals surface area contributed by atoms with Crippen molar-refractivity contribution >= 4 is 17.5 Å². The van der Waals surface area contributed by atoms with Crippen LogP contribution in [0.4, 0.5) is 29.5 Å². The number of amides is 2. The van der Waals surface area contributed by atoms with Gasteiger partial charge in [0.1, 0.15) is 5.82 Å². The van der Waals surface area contributed by atoms with Gasteiger partial charge in [-0.2, -0.15) is 13.2 Å². The Kier molecular flexibility index (Phi) is 6.07. The van der Waals surface area contributed by atoms with Crippen molar-refractivity contribution in [3.63, 3.8) is 0 Å². The van der Waals surface area contributed by atoms with Gasteiger partial charge in [0, 0.05) is 37.6 Å². The third-order valence-corrected chi connectivity index (χ3v) is 6.27. The molecular formula is C23H27F3N4O. The highest BCUT2D eigenvalue weighted by molar-refractivity contribution is 5.89. The van der Waals surface area contributed by atoms with E-state index in [9.17, 15) is 18.0 Å². The largest absolute Gasteiger partial charge is 0.419 e. The number of hydrogen-bond donors (Lipinski definition) is 1. The van der Waals surface area contributed by atoms with Gasteiger partial charge in [-0.25, -0.2) is 9.78 Å². The number of nitrogens with one attached hydrogen (secondary N) is 1. The first-order chi connectivity index (χ1) is 14.8. The van der Waals surface area contributed by atoms with Crippen LogP contribution in [-0.4, -0.2) is 41.6 Å². The summed E-state index contributed by atoms with van der Waals surface area (Å²) in [6.45, 7) is 2.73. The number of carbonyl (C=O) groups is 1. The van der Waals surface area contributed by atoms with Crippen molar-refractivity contribution in [1.82, 2.24) is 9.88 Å². The van der Waals surface area contributed by atoms with E-state index in [0.29, 0.717) is 19.0 Å². The van der Waals surface area contributed by atoms with Crippen LogP contribution in [0, 0.1) is 0 Å². The predicted molar refractivity (Wildman–Crippen MR) is 114 cm³/mol. The van der Waals surface area contributed by atoms with Crippen molar-refractivity contribution < 1.29 is 18.0 Å². The summed E-state index contributed by atoms with van der Waals surface area (Å²) in [4.78, 5) is 20.0. The number of alkyl halides is 3. The number of rotatable bonds is 3. The zero-order valence-corrected chi connectivity index (χ0v) is 17.5. The predicted octanol–water partition coefficient (Wildman–Crippen LogP) is 5.50. The third-order valence-electron chi connectivity index (χ3n) is 6.27. The van der Waals surface area contributed by atoms with Crippen LogP contribution >= 0.6 is 0 Å². The molecule has 1 N–H and O–H groups in total. The van der Waals surface area contributed by atoms with Crippen LogP contribution in [0.3, 0.4) is 0 Å². The highest BCUT2D eigenvalue weighted by Gasteiger charge is 2.37. The zero-order chi connectivity index (χ0) is 22.0. The summed E-state index contributed by atoms with van der Waals surface area (Å²) in [5.41, 5.74) is 1.29. The Bertz CT molecular complexity index is 910. The first-order valence-electron chi connectivity index (χ1n) is 10.8. The molecule has 1 saturated carbocycles. The molecule has 2 heterocycles. The van der Waals surface area contributed by atoms with E-state index in [0.717, 1.165) is 11.8 Å². The molecule has 31 heavy (non-hydrogen) atoms. The number of nitrogens with zero attached hydrogens (tertiary/aromatic N) is 3. The number of urea groups is 1. The highest BCUT2D eigenvalue weighted by Crippen LogP contribution is 2.36. The molecule has 2 aliphatic rings. The lowest BCUT2D eigenvalue weighted by atomic mass is 9.98. The number of piperazine rings is 1. The molecule has 1 atom stereocenters. The second-order valence-electron chi connectivity index (χ2n) is 8.39. The molecular weight excluding hydrogens is 405 g/mol. The minimum absolute atomic E-state index is 0.0793. The third kappa shape index (κ3) is 4.78. The van der Waals surface area contributed by atoms with E-state index in [1.165, 1.54) is 43.5 Å². The first-order valence-corrected chi connectivity index (χ1v) is 10.8. The van der Waals surface area contributed by atoms with Crippen LogP contribution in [0.25, 0.3) is 0 Å². The van der Waals surface area contributed by atoms with Crippen molar-refractivity contribution in [3.8, 4) is 0 Å². The van der Waals surface area contributed by atoms with E-state index in [2.05, 4.69) is 22.4 Å². The van der Waals surface area contributed by atoms with Crippen LogP contribution in [0.2, 0.25) is 0 Å². The molecule has 1 saturated heterocycles. The number of carbonyl (C=O) groups excluding carboxylic acids is 1. The van der Waals surface area contributed by atoms with E-state index in [-0.39, 0.29) is 24.4 Å². The first kappa shape index (κ1) is 21.5. The lowest BCUT2D eigenvalue weighted by Crippen LogP contribution is -2.55. The van der Waals surface area contributed by atoms with Gasteiger partial charge < -0.3 is 15.1 Å². The van der Waals surface area contributed by atoms with Crippen molar-refractivity contribution in [3.05, 3.63) is 53.7 Å². The number of anilines is 2. The van der Waals surface area contributed by atoms with Gasteiger partial charge in [0.15, 0.2) is 0 Å². The second kappa shape index (κ2) is 8.77. The van der Waals surface area contributed by atoms with Crippen LogP contribution in [-0.2, 0) is 6.18 Å². The highest BCUT2D eigenvalue weighted by atomic mass is 19.4. The number of benzene rings is 1. The summed E-state index contributed by atoms with van der Waals surface area (Å²) in [5.74, 6) is 0.537. The fraction of sp³-hybridized carbons (Fsp3) is 0.478. The van der Waals surface area contributed by atoms with Gasteiger partial charge in [0.05, 0.1) is 5.56 Å². The van der Waals surface area contributed by atoms with Crippen LogP contribution in [0.5, 0.6) is 0 Å². The molecule has 1 aliphatic carbocycles. The molecule has 8 heteroatoms. The Morgan fingerprint density at radius 3 is 2.45 bits per heavy atom. The van der Waals surface area contributed by atoms with Gasteiger partial charge in [-0.3, -0.25) is 0 Å². The molecule has 0 radical (unpaired) electrons. The molecule has 2 amide bonds. The van der Waals surface area contributed by atoms with Gasteiger partial charge in [0.2, 0.25) is 0 Å². The maximum Gasteiger partial charge on any atom is 0.419 e. The molecule has 0 spiro atoms. The van der Waals surface area contributed by atoms with Gasteiger partial charge in [-0.15, -0.1) is 0 Å². The fourth-order valence-corrected chi connectivity index (χ4v) is 4.61. The Labute approximate surface area is 180 Å². The average Bonchev–Trinajstić information content (AvgIpc) is 3.28. The number of halogens is 3. The van der Waals surface area contributed by atoms with Gasteiger partial charge in [-0.1, -0.05) is 25.0 Å². The van der Waals surface area contributed by atoms with E-state index in [1.807, 2.05) is 19.1 Å². The normalized spacial score (nSPS) is 20.2. The van der Waals surface area contributed by atoms with Crippen LogP contribution < -0.4 is 10.2 Å². The molecule has 1 aliphatic heterocycles. The Hall–Kier alpha value is -2.77. The topological polar surface area (TPSA) is 48.5 Å². The molecule has 2 aromatic rings. The fourth-order valence-electron chi connectivity index (χ4n) is 4.61. The minimum atomic E-state index is -4.47. The summed E-state index contributed by atoms with van der Waals surface area (Å²) >= 11 is 0. The molecule has 1 aromatic carbocycles. The van der Waals surface area contributed by atoms with Crippen LogP contribution in [0.1, 0.15) is 49.7 Å². The zero-order valence-electron chi connectivity index (χ0n) is 17.5. The summed E-state index contributed by atoms with van der Waals surface area (Å²) in [5, 5.41) is 2.92. The Balaban J connectivity index is 1.38. The maximum absolute atomic E-state index is 13.3. The second-order valence-corrected chi connectivity index (χ2v) is 8.39. The molecule has 5 nitrogen and oxygen atoms in total. The van der Waals surface area contributed by atoms with Crippen molar-refractivity contribution in [2.24, 2.45) is 0 Å². The number of pyridine rings is 1. The molecule has 4 rings (SSSR count). The summed E-state index contributed by atoms with van der Waals surface area (Å²) in [6, 6.07) is 9.84. The summed E-state index contributed by atoms with van der Waals surface area (Å²) in [6.07, 6.45) is 1.89. The lowest BCUT2D eigenvalue weighted by Gasteiger charge is -2.40. The summed E-state index contributed by atoms with van der Waals surface area (Å²) < 4.78 is 40.0. The number of hydrogen-bond acceptors (Lipinski definition) is 3. The Morgan fingerprint density at radius 2 is 1.81 bits per heavy atom. The number of aromatic nitrogens is 1. The van der Waals surface area contributed by atoms with E-state index >= 15 is 0 Å². The van der Waals surface area contributed by atoms with E-state index in [4.69, 9.17) is 0 Å². The monoisotopic (exact) mass is 432 g/mol. The Morgan fingerprint density at radius 1 is 1.10 bits per heavy atom. The van der Waals surface area contributed by atoms with Crippen LogP contribution in [0.15, 0.2) is 42.6 Å². The molecule has 0 bridgehead atoms. The van der Waals surface area contributed by atoms with Crippen molar-refractivity contribution in [2.75, 3.05) is 29.9 Å². The SMILES string of the molecule is C[C@H]1CN(c2ncccc2C(F)(F)F)CCN1C(=O)Nc1ccc(C2CCCC2)cc1. The van der Waals surface area contributed by atoms with Crippen molar-refractivity contribution in [2.45, 2.75) is 50.7 Å². The van der Waals surface area contributed by atoms with E-state index < -0.39 is 11.7 Å². The van der Waals surface area contributed by atoms with E-state index in [1.54, 1.807) is 9.80 Å². The molecule has 0 unspecified atom stereocenters. The minimum Gasteiger partial charge on any atom is -0.352 e. The standard InChI is InChI=1S/C23H27F3N4O/c1-16-15-29(21-20(23(24,25)26)7-4-12-27-21)13-14-30(16)22(31)28-19-10-8-18(9-11-19)17-5-2-3-6-17/h4,7-12,16-17H,2-3,5-6,13-15H2,1H3,(H,28,31)/t16-/m0/s1. The maximum atomic E-state index is 13.3. The summed E-state index contributed by atoms with van der Waals surface area (Å²) in [7, 11) is 0. The van der Waals surface area contributed by atoms with Gasteiger partial charge >= 0.3 is 12.2 Å². The quantitative estimate of drug-likeness (QED) is 0.697. The molecule has 1 aromatic heterocycles. The molecule has 166 valence electrons. The average molecular weight is 432 g/mol. The lowest BCUT2D eigenvalue weighted by molar-refractivity contribution is -0.137. The molecule has 2 fully saturated rings. The van der Waals surface area contributed by atoms with Gasteiger partial charge in [0.25, 0.3) is 0 Å².